The molecule has 6 N–H and O–H groups in total. The molecule has 4 aliphatic rings. The summed E-state index contributed by atoms with van der Waals surface area (Å²) in [5.41, 5.74) is 4.93. The van der Waals surface area contributed by atoms with Gasteiger partial charge in [0.15, 0.2) is 0 Å². The maximum Gasteiger partial charge on any atom is 0.125 e. The van der Waals surface area contributed by atoms with Crippen LogP contribution in [0.1, 0.15) is 34.1 Å². The van der Waals surface area contributed by atoms with E-state index in [9.17, 15) is 20.4 Å². The van der Waals surface area contributed by atoms with Gasteiger partial charge in [0.25, 0.3) is 0 Å². The molecule has 0 aromatic heterocycles. The summed E-state index contributed by atoms with van der Waals surface area (Å²) < 4.78 is 0. The van der Waals surface area contributed by atoms with Crippen LogP contribution in [0.4, 0.5) is 0 Å². The average molecular weight is 349 g/mol. The highest BCUT2D eigenvalue weighted by atomic mass is 16.4. The van der Waals surface area contributed by atoms with Gasteiger partial charge in [-0.2, -0.15) is 0 Å². The van der Waals surface area contributed by atoms with Gasteiger partial charge in [-0.25, -0.2) is 0 Å². The molecular weight excluding hydrogens is 318 g/mol. The largest absolute Gasteiger partial charge is 0.392 e. The summed E-state index contributed by atoms with van der Waals surface area (Å²) >= 11 is 0. The molecule has 140 valence electrons. The average Bonchev–Trinajstić information content (AvgIpc) is 3.05. The lowest BCUT2D eigenvalue weighted by atomic mass is 9.58. The molecule has 25 heavy (non-hydrogen) atoms. The molecule has 1 spiro atoms. The molecule has 0 saturated heterocycles. The lowest BCUT2D eigenvalue weighted by Gasteiger charge is -2.52. The summed E-state index contributed by atoms with van der Waals surface area (Å²) in [6.45, 7) is 8.01. The number of aliphatic hydroxyl groups is 4. The molecule has 0 heterocycles. The highest BCUT2D eigenvalue weighted by Crippen LogP contribution is 2.72. The van der Waals surface area contributed by atoms with Crippen LogP contribution < -0.4 is 5.73 Å². The van der Waals surface area contributed by atoms with E-state index in [2.05, 4.69) is 20.8 Å². The molecule has 4 aliphatic carbocycles. The van der Waals surface area contributed by atoms with Gasteiger partial charge in [-0.1, -0.05) is 38.5 Å². The Kier molecular flexibility index (Phi) is 3.51. The molecule has 2 fully saturated rings. The number of aliphatic hydroxyl groups excluding tert-OH is 3. The van der Waals surface area contributed by atoms with Gasteiger partial charge < -0.3 is 26.2 Å². The molecule has 5 heteroatoms. The van der Waals surface area contributed by atoms with E-state index in [4.69, 9.17) is 5.73 Å². The van der Waals surface area contributed by atoms with Crippen LogP contribution in [0, 0.1) is 34.5 Å². The van der Waals surface area contributed by atoms with Crippen LogP contribution in [-0.2, 0) is 0 Å². The Morgan fingerprint density at radius 3 is 2.52 bits per heavy atom. The zero-order valence-electron chi connectivity index (χ0n) is 15.5. The van der Waals surface area contributed by atoms with E-state index in [0.717, 1.165) is 12.0 Å². The van der Waals surface area contributed by atoms with Gasteiger partial charge in [0.05, 0.1) is 24.2 Å². The minimum absolute atomic E-state index is 0.0311. The molecule has 0 aromatic rings. The van der Waals surface area contributed by atoms with Crippen molar-refractivity contribution in [3.05, 3.63) is 23.3 Å². The second-order valence-electron chi connectivity index (χ2n) is 9.54. The molecule has 1 unspecified atom stereocenters. The third-order valence-electron chi connectivity index (χ3n) is 8.31. The van der Waals surface area contributed by atoms with Gasteiger partial charge >= 0.3 is 0 Å². The Morgan fingerprint density at radius 1 is 1.28 bits per heavy atom. The van der Waals surface area contributed by atoms with Crippen molar-refractivity contribution in [2.45, 2.75) is 58.0 Å². The van der Waals surface area contributed by atoms with Crippen LogP contribution in [0.15, 0.2) is 23.3 Å². The van der Waals surface area contributed by atoms with Crippen LogP contribution in [0.5, 0.6) is 0 Å². The van der Waals surface area contributed by atoms with Crippen LogP contribution in [-0.4, -0.2) is 50.9 Å². The lowest BCUT2D eigenvalue weighted by molar-refractivity contribution is -0.187. The normalized spacial score (nSPS) is 56.1. The Balaban J connectivity index is 1.98. The van der Waals surface area contributed by atoms with Gasteiger partial charge in [-0.15, -0.1) is 0 Å². The highest BCUT2D eigenvalue weighted by Gasteiger charge is 2.74. The van der Waals surface area contributed by atoms with Crippen LogP contribution >= 0.6 is 0 Å². The summed E-state index contributed by atoms with van der Waals surface area (Å²) in [7, 11) is 0. The second kappa shape index (κ2) is 4.96. The number of nitrogens with two attached hydrogens (primary N) is 1. The molecule has 0 amide bonds. The molecule has 0 aliphatic heterocycles. The number of fused-ring (bicyclic) bond motifs is 3. The van der Waals surface area contributed by atoms with Gasteiger partial charge in [0, 0.05) is 5.92 Å². The maximum atomic E-state index is 11.8. The number of hydrogen-bond donors (Lipinski definition) is 5. The molecule has 2 bridgehead atoms. The zero-order valence-corrected chi connectivity index (χ0v) is 15.5. The van der Waals surface area contributed by atoms with Crippen molar-refractivity contribution in [1.82, 2.24) is 0 Å². The molecule has 2 saturated carbocycles. The Labute approximate surface area is 149 Å². The minimum atomic E-state index is -1.71. The minimum Gasteiger partial charge on any atom is -0.392 e. The monoisotopic (exact) mass is 349 g/mol. The Bertz CT molecular complexity index is 671. The molecule has 0 aromatic carbocycles. The highest BCUT2D eigenvalue weighted by molar-refractivity contribution is 5.43. The fourth-order valence-corrected chi connectivity index (χ4v) is 6.80. The van der Waals surface area contributed by atoms with E-state index in [0.29, 0.717) is 11.5 Å². The summed E-state index contributed by atoms with van der Waals surface area (Å²) in [5, 5.41) is 44.2. The molecular formula is C20H31NO4. The fraction of sp³-hybridized carbons (Fsp3) is 0.800. The second-order valence-corrected chi connectivity index (χ2v) is 9.54. The van der Waals surface area contributed by atoms with Crippen molar-refractivity contribution in [3.8, 4) is 0 Å². The first-order chi connectivity index (χ1) is 11.5. The molecule has 9 atom stereocenters. The van der Waals surface area contributed by atoms with E-state index >= 15 is 0 Å². The Morgan fingerprint density at radius 2 is 1.92 bits per heavy atom. The molecule has 0 radical (unpaired) electrons. The summed E-state index contributed by atoms with van der Waals surface area (Å²) in [5.74, 6) is 0.509. The van der Waals surface area contributed by atoms with Gasteiger partial charge in [0.1, 0.15) is 11.7 Å². The third-order valence-corrected chi connectivity index (χ3v) is 8.31. The smallest absolute Gasteiger partial charge is 0.125 e. The van der Waals surface area contributed by atoms with Crippen molar-refractivity contribution < 1.29 is 20.4 Å². The van der Waals surface area contributed by atoms with Crippen LogP contribution in [0.3, 0.4) is 0 Å². The van der Waals surface area contributed by atoms with Crippen molar-refractivity contribution in [3.63, 3.8) is 0 Å². The zero-order chi connectivity index (χ0) is 18.5. The molecule has 4 rings (SSSR count). The summed E-state index contributed by atoms with van der Waals surface area (Å²) in [4.78, 5) is 0. The maximum absolute atomic E-state index is 11.8. The first-order valence-corrected chi connectivity index (χ1v) is 9.40. The Hall–Kier alpha value is -0.720. The third kappa shape index (κ3) is 1.77. The predicted molar refractivity (Wildman–Crippen MR) is 94.3 cm³/mol. The van der Waals surface area contributed by atoms with Crippen molar-refractivity contribution >= 4 is 0 Å². The van der Waals surface area contributed by atoms with E-state index in [1.165, 1.54) is 0 Å². The van der Waals surface area contributed by atoms with Gasteiger partial charge in [-0.05, 0) is 42.1 Å². The standard InChI is InChI=1S/C20H31NO4/c1-9-7-19-10(2)5-13-14(18(13,3)4)12(17(19)24)6-11(8-22)16(23)20(19,25)15(9)21/h6-7,10,12-17,22-25H,5,8,21H2,1-4H3/t10-,12+,13-,14+,15+,16-,17?,19+,20-/m1/s1. The van der Waals surface area contributed by atoms with E-state index in [-0.39, 0.29) is 29.8 Å². The van der Waals surface area contributed by atoms with E-state index < -0.39 is 29.3 Å². The van der Waals surface area contributed by atoms with Crippen molar-refractivity contribution in [2.75, 3.05) is 6.61 Å². The molecule has 5 nitrogen and oxygen atoms in total. The number of hydrogen-bond acceptors (Lipinski definition) is 5. The van der Waals surface area contributed by atoms with Crippen molar-refractivity contribution in [2.24, 2.45) is 40.2 Å². The van der Waals surface area contributed by atoms with Crippen LogP contribution in [0.2, 0.25) is 0 Å². The topological polar surface area (TPSA) is 107 Å². The predicted octanol–water partition coefficient (Wildman–Crippen LogP) is 0.573. The van der Waals surface area contributed by atoms with Gasteiger partial charge in [-0.3, -0.25) is 0 Å². The quantitative estimate of drug-likeness (QED) is 0.445. The van der Waals surface area contributed by atoms with Crippen molar-refractivity contribution in [1.29, 1.82) is 0 Å². The number of rotatable bonds is 1. The van der Waals surface area contributed by atoms with Crippen LogP contribution in [0.25, 0.3) is 0 Å². The SMILES string of the molecule is CC1=C[C@]23C(O)[C@@H](C=C(CO)[C@@H](O)[C@]2(O)[C@H]1N)[C@H]1[C@@H](C[C@H]3C)C1(C)C. The first kappa shape index (κ1) is 17.7. The van der Waals surface area contributed by atoms with Gasteiger partial charge in [0.2, 0.25) is 0 Å². The summed E-state index contributed by atoms with van der Waals surface area (Å²) in [6, 6.07) is -0.768. The fourth-order valence-electron chi connectivity index (χ4n) is 6.80. The summed E-state index contributed by atoms with van der Waals surface area (Å²) in [6.07, 6.45) is 2.51. The van der Waals surface area contributed by atoms with E-state index in [1.807, 2.05) is 19.1 Å². The van der Waals surface area contributed by atoms with E-state index in [1.54, 1.807) is 0 Å². The first-order valence-electron chi connectivity index (χ1n) is 9.40. The lowest BCUT2D eigenvalue weighted by Crippen LogP contribution is -2.68.